The molecule has 0 N–H and O–H groups in total. The zero-order chi connectivity index (χ0) is 23.7. The molecule has 168 valence electrons. The van der Waals surface area contributed by atoms with Gasteiger partial charge in [0.25, 0.3) is 5.56 Å². The van der Waals surface area contributed by atoms with Crippen LogP contribution in [-0.2, 0) is 0 Å². The number of Topliss-reactive ketones (excluding diaryl/α,β-unsaturated/α-hetero) is 1. The number of rotatable bonds is 6. The molecular weight excluding hydrogens is 491 g/mol. The van der Waals surface area contributed by atoms with Gasteiger partial charge in [-0.1, -0.05) is 53.7 Å². The van der Waals surface area contributed by atoms with Crippen molar-refractivity contribution in [2.75, 3.05) is 5.75 Å². The fourth-order valence-corrected chi connectivity index (χ4v) is 5.59. The number of thiophene rings is 1. The first-order valence-corrected chi connectivity index (χ1v) is 12.5. The van der Waals surface area contributed by atoms with Crippen LogP contribution in [0.5, 0.6) is 0 Å². The Morgan fingerprint density at radius 3 is 2.41 bits per heavy atom. The molecule has 5 rings (SSSR count). The van der Waals surface area contributed by atoms with Gasteiger partial charge < -0.3 is 0 Å². The van der Waals surface area contributed by atoms with Gasteiger partial charge in [0.15, 0.2) is 10.9 Å². The summed E-state index contributed by atoms with van der Waals surface area (Å²) in [6, 6.07) is 22.0. The summed E-state index contributed by atoms with van der Waals surface area (Å²) in [4.78, 5) is 31.8. The van der Waals surface area contributed by atoms with Gasteiger partial charge in [-0.15, -0.1) is 11.3 Å². The van der Waals surface area contributed by atoms with E-state index in [1.807, 2.05) is 47.8 Å². The topological polar surface area (TPSA) is 52.0 Å². The molecular formula is C26H16ClFN2O2S2. The number of ketones is 1. The Balaban J connectivity index is 1.60. The Labute approximate surface area is 207 Å². The third kappa shape index (κ3) is 4.42. The number of fused-ring (bicyclic) bond motifs is 1. The lowest BCUT2D eigenvalue weighted by Crippen LogP contribution is -2.22. The first-order valence-electron chi connectivity index (χ1n) is 10.3. The molecule has 0 radical (unpaired) electrons. The summed E-state index contributed by atoms with van der Waals surface area (Å²) in [5.74, 6) is -0.512. The van der Waals surface area contributed by atoms with Gasteiger partial charge in [-0.05, 0) is 54.1 Å². The van der Waals surface area contributed by atoms with Crippen molar-refractivity contribution in [2.45, 2.75) is 5.16 Å². The van der Waals surface area contributed by atoms with E-state index >= 15 is 0 Å². The van der Waals surface area contributed by atoms with Crippen LogP contribution in [0, 0.1) is 5.82 Å². The standard InChI is InChI=1S/C26H16ClFN2O2S2/c27-18-10-6-16(7-11-18)21-14-33-24-23(21)25(32)30(20-4-2-1-3-5-20)26(29-24)34-15-22(31)17-8-12-19(28)13-9-17/h1-14H,15H2. The van der Waals surface area contributed by atoms with Crippen molar-refractivity contribution in [3.8, 4) is 16.8 Å². The molecule has 0 aliphatic heterocycles. The van der Waals surface area contributed by atoms with Crippen LogP contribution in [0.15, 0.2) is 94.2 Å². The summed E-state index contributed by atoms with van der Waals surface area (Å²) in [5.41, 5.74) is 2.52. The van der Waals surface area contributed by atoms with E-state index in [0.29, 0.717) is 31.6 Å². The highest BCUT2D eigenvalue weighted by Gasteiger charge is 2.19. The number of hydrogen-bond acceptors (Lipinski definition) is 5. The van der Waals surface area contributed by atoms with E-state index in [-0.39, 0.29) is 17.1 Å². The second-order valence-corrected chi connectivity index (χ2v) is 9.66. The number of halogens is 2. The molecule has 4 nitrogen and oxygen atoms in total. The lowest BCUT2D eigenvalue weighted by Gasteiger charge is -2.12. The van der Waals surface area contributed by atoms with Crippen LogP contribution < -0.4 is 5.56 Å². The van der Waals surface area contributed by atoms with Gasteiger partial charge >= 0.3 is 0 Å². The second-order valence-electron chi connectivity index (χ2n) is 7.43. The van der Waals surface area contributed by atoms with Crippen molar-refractivity contribution < 1.29 is 9.18 Å². The van der Waals surface area contributed by atoms with Gasteiger partial charge in [0.2, 0.25) is 0 Å². The lowest BCUT2D eigenvalue weighted by molar-refractivity contribution is 0.102. The van der Waals surface area contributed by atoms with Gasteiger partial charge in [0.1, 0.15) is 10.6 Å². The number of carbonyl (C=O) groups excluding carboxylic acids is 1. The molecule has 0 spiro atoms. The molecule has 5 aromatic rings. The van der Waals surface area contributed by atoms with Crippen LogP contribution >= 0.6 is 34.7 Å². The summed E-state index contributed by atoms with van der Waals surface area (Å²) in [5, 5.41) is 3.47. The van der Waals surface area contributed by atoms with E-state index < -0.39 is 5.82 Å². The van der Waals surface area contributed by atoms with E-state index in [1.54, 1.807) is 12.1 Å². The SMILES string of the molecule is O=C(CSc1nc2scc(-c3ccc(Cl)cc3)c2c(=O)n1-c1ccccc1)c1ccc(F)cc1. The Hall–Kier alpha value is -3.26. The van der Waals surface area contributed by atoms with E-state index in [4.69, 9.17) is 16.6 Å². The molecule has 0 saturated heterocycles. The average Bonchev–Trinajstić information content (AvgIpc) is 3.28. The first-order chi connectivity index (χ1) is 16.5. The maximum Gasteiger partial charge on any atom is 0.268 e. The summed E-state index contributed by atoms with van der Waals surface area (Å²) in [7, 11) is 0. The highest BCUT2D eigenvalue weighted by atomic mass is 35.5. The van der Waals surface area contributed by atoms with E-state index in [1.165, 1.54) is 51.9 Å². The monoisotopic (exact) mass is 506 g/mol. The number of carbonyl (C=O) groups is 1. The predicted molar refractivity (Wildman–Crippen MR) is 137 cm³/mol. The molecule has 0 atom stereocenters. The quantitative estimate of drug-likeness (QED) is 0.143. The molecule has 0 aliphatic carbocycles. The largest absolute Gasteiger partial charge is 0.293 e. The van der Waals surface area contributed by atoms with Crippen LogP contribution in [-0.4, -0.2) is 21.1 Å². The normalized spacial score (nSPS) is 11.1. The van der Waals surface area contributed by atoms with Crippen molar-refractivity contribution in [2.24, 2.45) is 0 Å². The maximum atomic E-state index is 13.8. The van der Waals surface area contributed by atoms with Gasteiger partial charge in [-0.3, -0.25) is 14.2 Å². The number of para-hydroxylation sites is 1. The fourth-order valence-electron chi connectivity index (χ4n) is 3.56. The number of benzene rings is 3. The van der Waals surface area contributed by atoms with E-state index in [9.17, 15) is 14.0 Å². The molecule has 0 aliphatic rings. The molecule has 0 fully saturated rings. The van der Waals surface area contributed by atoms with Crippen molar-refractivity contribution in [1.29, 1.82) is 0 Å². The molecule has 8 heteroatoms. The van der Waals surface area contributed by atoms with E-state index in [2.05, 4.69) is 0 Å². The minimum absolute atomic E-state index is 0.0613. The zero-order valence-corrected chi connectivity index (χ0v) is 20.0. The van der Waals surface area contributed by atoms with Crippen molar-refractivity contribution in [1.82, 2.24) is 9.55 Å². The molecule has 2 heterocycles. The zero-order valence-electron chi connectivity index (χ0n) is 17.6. The van der Waals surface area contributed by atoms with Crippen molar-refractivity contribution >= 4 is 50.7 Å². The summed E-state index contributed by atoms with van der Waals surface area (Å²) < 4.78 is 14.7. The predicted octanol–water partition coefficient (Wildman–Crippen LogP) is 6.88. The molecule has 0 unspecified atom stereocenters. The fraction of sp³-hybridized carbons (Fsp3) is 0.0385. The Morgan fingerprint density at radius 1 is 1.00 bits per heavy atom. The van der Waals surface area contributed by atoms with Crippen LogP contribution in [0.1, 0.15) is 10.4 Å². The van der Waals surface area contributed by atoms with Crippen LogP contribution in [0.4, 0.5) is 4.39 Å². The van der Waals surface area contributed by atoms with Gasteiger partial charge in [-0.25, -0.2) is 9.37 Å². The molecule has 3 aromatic carbocycles. The summed E-state index contributed by atoms with van der Waals surface area (Å²) in [6.45, 7) is 0. The highest BCUT2D eigenvalue weighted by molar-refractivity contribution is 7.99. The molecule has 2 aromatic heterocycles. The van der Waals surface area contributed by atoms with Crippen LogP contribution in [0.2, 0.25) is 5.02 Å². The number of aromatic nitrogens is 2. The Bertz CT molecular complexity index is 1550. The molecule has 34 heavy (non-hydrogen) atoms. The lowest BCUT2D eigenvalue weighted by atomic mass is 10.1. The Morgan fingerprint density at radius 2 is 1.71 bits per heavy atom. The van der Waals surface area contributed by atoms with E-state index in [0.717, 1.165) is 11.1 Å². The van der Waals surface area contributed by atoms with Crippen LogP contribution in [0.3, 0.4) is 0 Å². The smallest absolute Gasteiger partial charge is 0.268 e. The minimum Gasteiger partial charge on any atom is -0.293 e. The molecule has 0 saturated carbocycles. The molecule has 0 amide bonds. The summed E-state index contributed by atoms with van der Waals surface area (Å²) in [6.07, 6.45) is 0. The van der Waals surface area contributed by atoms with Gasteiger partial charge in [0.05, 0.1) is 16.8 Å². The number of hydrogen-bond donors (Lipinski definition) is 0. The Kier molecular flexibility index (Phi) is 6.32. The minimum atomic E-state index is -0.400. The maximum absolute atomic E-state index is 13.8. The molecule has 0 bridgehead atoms. The third-order valence-electron chi connectivity index (χ3n) is 5.25. The number of thioether (sulfide) groups is 1. The third-order valence-corrected chi connectivity index (χ3v) is 7.31. The average molecular weight is 507 g/mol. The second kappa shape index (κ2) is 9.54. The summed E-state index contributed by atoms with van der Waals surface area (Å²) >= 11 is 8.60. The number of nitrogens with zero attached hydrogens (tertiary/aromatic N) is 2. The first kappa shape index (κ1) is 22.5. The van der Waals surface area contributed by atoms with Gasteiger partial charge in [0, 0.05) is 21.5 Å². The van der Waals surface area contributed by atoms with Crippen molar-refractivity contribution in [3.63, 3.8) is 0 Å². The van der Waals surface area contributed by atoms with Gasteiger partial charge in [-0.2, -0.15) is 0 Å². The van der Waals surface area contributed by atoms with Crippen molar-refractivity contribution in [3.05, 3.63) is 111 Å². The highest BCUT2D eigenvalue weighted by Crippen LogP contribution is 2.33. The van der Waals surface area contributed by atoms with Crippen LogP contribution in [0.25, 0.3) is 27.0 Å².